The number of para-hydroxylation sites is 1. The van der Waals surface area contributed by atoms with E-state index in [0.29, 0.717) is 6.61 Å². The van der Waals surface area contributed by atoms with Crippen LogP contribution >= 0.6 is 0 Å². The van der Waals surface area contributed by atoms with Crippen LogP contribution in [0.2, 0.25) is 0 Å². The van der Waals surface area contributed by atoms with Gasteiger partial charge in [0, 0.05) is 0 Å². The monoisotopic (exact) mass is 256 g/mol. The van der Waals surface area contributed by atoms with Crippen molar-refractivity contribution in [3.05, 3.63) is 65.2 Å². The predicted molar refractivity (Wildman–Crippen MR) is 73.6 cm³/mol. The average molecular weight is 256 g/mol. The molecule has 0 aliphatic heterocycles. The second-order valence-electron chi connectivity index (χ2n) is 4.25. The summed E-state index contributed by atoms with van der Waals surface area (Å²) in [5.74, 6) is -0.0314. The largest absolute Gasteiger partial charge is 0.489 e. The Labute approximate surface area is 112 Å². The van der Waals surface area contributed by atoms with Gasteiger partial charge in [-0.2, -0.15) is 0 Å². The number of hydrogen-bond acceptors (Lipinski definition) is 2. The van der Waals surface area contributed by atoms with Gasteiger partial charge in [-0.3, -0.25) is 0 Å². The van der Waals surface area contributed by atoms with E-state index in [0.717, 1.165) is 17.7 Å². The Kier molecular flexibility index (Phi) is 4.18. The second-order valence-corrected chi connectivity index (χ2v) is 4.25. The molecular formula is C16H16O3. The van der Waals surface area contributed by atoms with E-state index in [1.807, 2.05) is 24.3 Å². The van der Waals surface area contributed by atoms with Crippen molar-refractivity contribution >= 4 is 5.97 Å². The van der Waals surface area contributed by atoms with E-state index < -0.39 is 5.97 Å². The number of carbonyl (C=O) groups is 1. The summed E-state index contributed by atoms with van der Waals surface area (Å²) in [4.78, 5) is 10.7. The van der Waals surface area contributed by atoms with Crippen LogP contribution in [0.4, 0.5) is 0 Å². The first-order valence-electron chi connectivity index (χ1n) is 6.23. The number of rotatable bonds is 5. The van der Waals surface area contributed by atoms with Crippen LogP contribution in [0.5, 0.6) is 5.75 Å². The molecule has 0 spiro atoms. The van der Waals surface area contributed by atoms with Crippen LogP contribution in [0.3, 0.4) is 0 Å². The van der Waals surface area contributed by atoms with E-state index >= 15 is 0 Å². The minimum atomic E-state index is -0.913. The minimum absolute atomic E-state index is 0.290. The maximum Gasteiger partial charge on any atom is 0.335 e. The molecule has 0 saturated heterocycles. The number of aromatic carboxylic acids is 1. The molecule has 3 heteroatoms. The first kappa shape index (κ1) is 13.1. The molecule has 0 atom stereocenters. The van der Waals surface area contributed by atoms with E-state index in [4.69, 9.17) is 9.84 Å². The van der Waals surface area contributed by atoms with Gasteiger partial charge in [0.1, 0.15) is 12.4 Å². The van der Waals surface area contributed by atoms with Crippen LogP contribution in [0, 0.1) is 0 Å². The van der Waals surface area contributed by atoms with Crippen molar-refractivity contribution in [3.63, 3.8) is 0 Å². The highest BCUT2D eigenvalue weighted by Crippen LogP contribution is 2.19. The topological polar surface area (TPSA) is 46.5 Å². The fraction of sp³-hybridized carbons (Fsp3) is 0.188. The van der Waals surface area contributed by atoms with Gasteiger partial charge in [-0.15, -0.1) is 0 Å². The smallest absolute Gasteiger partial charge is 0.335 e. The molecule has 0 bridgehead atoms. The lowest BCUT2D eigenvalue weighted by Crippen LogP contribution is -2.00. The molecule has 19 heavy (non-hydrogen) atoms. The fourth-order valence-electron chi connectivity index (χ4n) is 1.84. The number of benzene rings is 2. The van der Waals surface area contributed by atoms with Crippen LogP contribution in [-0.4, -0.2) is 11.1 Å². The van der Waals surface area contributed by atoms with E-state index in [1.54, 1.807) is 24.3 Å². The summed E-state index contributed by atoms with van der Waals surface area (Å²) >= 11 is 0. The summed E-state index contributed by atoms with van der Waals surface area (Å²) in [5, 5.41) is 8.82. The van der Waals surface area contributed by atoms with Gasteiger partial charge in [-0.25, -0.2) is 4.79 Å². The Morgan fingerprint density at radius 3 is 2.42 bits per heavy atom. The molecular weight excluding hydrogens is 240 g/mol. The molecule has 3 nitrogen and oxygen atoms in total. The van der Waals surface area contributed by atoms with Gasteiger partial charge in [-0.05, 0) is 35.7 Å². The van der Waals surface area contributed by atoms with Gasteiger partial charge >= 0.3 is 5.97 Å². The summed E-state index contributed by atoms with van der Waals surface area (Å²) in [6.07, 6.45) is 0.925. The molecule has 98 valence electrons. The van der Waals surface area contributed by atoms with E-state index in [1.165, 1.54) is 5.56 Å². The van der Waals surface area contributed by atoms with E-state index in [2.05, 4.69) is 6.92 Å². The van der Waals surface area contributed by atoms with Gasteiger partial charge < -0.3 is 9.84 Å². The summed E-state index contributed by atoms with van der Waals surface area (Å²) < 4.78 is 5.77. The molecule has 0 heterocycles. The summed E-state index contributed by atoms with van der Waals surface area (Å²) in [5.41, 5.74) is 2.42. The Morgan fingerprint density at radius 1 is 1.11 bits per heavy atom. The summed E-state index contributed by atoms with van der Waals surface area (Å²) in [6.45, 7) is 2.53. The molecule has 0 radical (unpaired) electrons. The van der Waals surface area contributed by atoms with Crippen molar-refractivity contribution in [3.8, 4) is 5.75 Å². The van der Waals surface area contributed by atoms with Crippen molar-refractivity contribution < 1.29 is 14.6 Å². The van der Waals surface area contributed by atoms with Crippen molar-refractivity contribution in [1.82, 2.24) is 0 Å². The van der Waals surface area contributed by atoms with Crippen LogP contribution in [0.15, 0.2) is 48.5 Å². The zero-order chi connectivity index (χ0) is 13.7. The maximum atomic E-state index is 10.7. The molecule has 0 unspecified atom stereocenters. The third-order valence-electron chi connectivity index (χ3n) is 2.95. The molecule has 2 aromatic carbocycles. The zero-order valence-electron chi connectivity index (χ0n) is 10.8. The van der Waals surface area contributed by atoms with Gasteiger partial charge in [0.25, 0.3) is 0 Å². The van der Waals surface area contributed by atoms with Crippen LogP contribution < -0.4 is 4.74 Å². The number of carboxylic acids is 1. The molecule has 0 amide bonds. The van der Waals surface area contributed by atoms with Crippen molar-refractivity contribution in [2.75, 3.05) is 0 Å². The van der Waals surface area contributed by atoms with Crippen molar-refractivity contribution in [2.24, 2.45) is 0 Å². The normalized spacial score (nSPS) is 10.2. The van der Waals surface area contributed by atoms with Crippen molar-refractivity contribution in [2.45, 2.75) is 20.0 Å². The first-order valence-corrected chi connectivity index (χ1v) is 6.23. The molecule has 1 N–H and O–H groups in total. The quantitative estimate of drug-likeness (QED) is 0.890. The standard InChI is InChI=1S/C16H16O3/c1-2-13-5-3-4-6-15(13)19-11-12-7-9-14(10-8-12)16(17)18/h3-10H,2,11H2,1H3,(H,17,18). The fourth-order valence-corrected chi connectivity index (χ4v) is 1.84. The second kappa shape index (κ2) is 6.05. The Morgan fingerprint density at radius 2 is 1.79 bits per heavy atom. The lowest BCUT2D eigenvalue weighted by molar-refractivity contribution is 0.0697. The Bertz CT molecular complexity index is 558. The molecule has 2 rings (SSSR count). The average Bonchev–Trinajstić information content (AvgIpc) is 2.45. The first-order chi connectivity index (χ1) is 9.20. The highest BCUT2D eigenvalue weighted by Gasteiger charge is 2.03. The lowest BCUT2D eigenvalue weighted by Gasteiger charge is -2.10. The third kappa shape index (κ3) is 3.35. The van der Waals surface area contributed by atoms with E-state index in [9.17, 15) is 4.79 Å². The van der Waals surface area contributed by atoms with Crippen molar-refractivity contribution in [1.29, 1.82) is 0 Å². The predicted octanol–water partition coefficient (Wildman–Crippen LogP) is 3.53. The number of ether oxygens (including phenoxy) is 1. The maximum absolute atomic E-state index is 10.7. The van der Waals surface area contributed by atoms with Gasteiger partial charge in [-0.1, -0.05) is 37.3 Å². The Hall–Kier alpha value is -2.29. The number of aryl methyl sites for hydroxylation is 1. The molecule has 0 fully saturated rings. The van der Waals surface area contributed by atoms with Gasteiger partial charge in [0.2, 0.25) is 0 Å². The number of carboxylic acid groups (broad SMARTS) is 1. The zero-order valence-corrected chi connectivity index (χ0v) is 10.8. The molecule has 0 aromatic heterocycles. The summed E-state index contributed by atoms with van der Waals surface area (Å²) in [6, 6.07) is 14.7. The highest BCUT2D eigenvalue weighted by molar-refractivity contribution is 5.87. The third-order valence-corrected chi connectivity index (χ3v) is 2.95. The molecule has 0 aliphatic rings. The minimum Gasteiger partial charge on any atom is -0.489 e. The molecule has 0 saturated carbocycles. The Balaban J connectivity index is 2.04. The van der Waals surface area contributed by atoms with Gasteiger partial charge in [0.15, 0.2) is 0 Å². The highest BCUT2D eigenvalue weighted by atomic mass is 16.5. The van der Waals surface area contributed by atoms with E-state index in [-0.39, 0.29) is 5.56 Å². The SMILES string of the molecule is CCc1ccccc1OCc1ccc(C(=O)O)cc1. The molecule has 0 aliphatic carbocycles. The summed E-state index contributed by atoms with van der Waals surface area (Å²) in [7, 11) is 0. The van der Waals surface area contributed by atoms with Crippen LogP contribution in [-0.2, 0) is 13.0 Å². The van der Waals surface area contributed by atoms with Crippen LogP contribution in [0.1, 0.15) is 28.4 Å². The lowest BCUT2D eigenvalue weighted by atomic mass is 10.1. The number of hydrogen-bond donors (Lipinski definition) is 1. The van der Waals surface area contributed by atoms with Crippen LogP contribution in [0.25, 0.3) is 0 Å². The van der Waals surface area contributed by atoms with Gasteiger partial charge in [0.05, 0.1) is 5.56 Å². The molecule has 2 aromatic rings.